The van der Waals surface area contributed by atoms with Crippen LogP contribution >= 0.6 is 0 Å². The van der Waals surface area contributed by atoms with Crippen LogP contribution in [0, 0.1) is 0 Å². The average Bonchev–Trinajstić information content (AvgIpc) is 3.48. The van der Waals surface area contributed by atoms with E-state index < -0.39 is 0 Å². The van der Waals surface area contributed by atoms with E-state index in [1.165, 1.54) is 32.8 Å². The van der Waals surface area contributed by atoms with Crippen LogP contribution in [0.5, 0.6) is 0 Å². The third kappa shape index (κ3) is 4.49. The highest BCUT2D eigenvalue weighted by atomic mass is 16.3. The molecule has 3 nitrogen and oxygen atoms in total. The van der Waals surface area contributed by atoms with Crippen molar-refractivity contribution in [2.24, 2.45) is 0 Å². The Labute approximate surface area is 266 Å². The lowest BCUT2D eigenvalue weighted by molar-refractivity contribution is 0.654. The molecule has 3 heteroatoms. The van der Waals surface area contributed by atoms with Crippen molar-refractivity contribution in [3.8, 4) is 22.3 Å². The number of furan rings is 1. The van der Waals surface area contributed by atoms with Crippen LogP contribution in [0.25, 0.3) is 65.9 Å². The normalized spacial score (nSPS) is 11.5. The Hall–Kier alpha value is -6.19. The molecule has 0 saturated heterocycles. The number of nitrogens with zero attached hydrogens (tertiary/aromatic N) is 2. The average molecular weight is 589 g/mol. The van der Waals surface area contributed by atoms with Crippen molar-refractivity contribution >= 4 is 60.7 Å². The van der Waals surface area contributed by atoms with Crippen LogP contribution in [0.3, 0.4) is 0 Å². The lowest BCUT2D eigenvalue weighted by Gasteiger charge is -2.26. The van der Waals surface area contributed by atoms with Crippen LogP contribution in [-0.4, -0.2) is 4.98 Å². The first kappa shape index (κ1) is 26.2. The number of anilines is 3. The van der Waals surface area contributed by atoms with Crippen molar-refractivity contribution in [3.63, 3.8) is 0 Å². The Bertz CT molecular complexity index is 2530. The first-order valence-corrected chi connectivity index (χ1v) is 15.5. The molecule has 216 valence electrons. The summed E-state index contributed by atoms with van der Waals surface area (Å²) in [6.07, 6.45) is 1.91. The van der Waals surface area contributed by atoms with Crippen molar-refractivity contribution in [2.75, 3.05) is 4.90 Å². The summed E-state index contributed by atoms with van der Waals surface area (Å²) in [5.41, 5.74) is 9.29. The van der Waals surface area contributed by atoms with E-state index in [1.807, 2.05) is 6.20 Å². The fraction of sp³-hybridized carbons (Fsp3) is 0. The zero-order chi connectivity index (χ0) is 30.5. The third-order valence-electron chi connectivity index (χ3n) is 8.88. The summed E-state index contributed by atoms with van der Waals surface area (Å²) in [6.45, 7) is 0. The van der Waals surface area contributed by atoms with E-state index in [1.54, 1.807) is 0 Å². The summed E-state index contributed by atoms with van der Waals surface area (Å²) in [6, 6.07) is 58.0. The Morgan fingerprint density at radius 3 is 1.96 bits per heavy atom. The van der Waals surface area contributed by atoms with E-state index in [2.05, 4.69) is 169 Å². The van der Waals surface area contributed by atoms with Gasteiger partial charge in [-0.15, -0.1) is 0 Å². The molecule has 9 aromatic rings. The maximum atomic E-state index is 6.25. The van der Waals surface area contributed by atoms with Gasteiger partial charge in [0, 0.05) is 16.8 Å². The molecule has 0 aliphatic carbocycles. The molecule has 2 heterocycles. The van der Waals surface area contributed by atoms with Gasteiger partial charge < -0.3 is 9.32 Å². The summed E-state index contributed by atoms with van der Waals surface area (Å²) in [5.74, 6) is 0. The second-order valence-corrected chi connectivity index (χ2v) is 11.7. The molecular weight excluding hydrogens is 560 g/mol. The van der Waals surface area contributed by atoms with Gasteiger partial charge >= 0.3 is 0 Å². The number of hydrogen-bond acceptors (Lipinski definition) is 3. The standard InChI is InChI=1S/C43H28N2O/c1-2-10-29(11-3-1)32-16-8-17-36(24-32)45(35-22-20-31(21-23-35)39-19-9-15-30-12-6-7-18-38(30)39)37-27-41-40-25-33-13-4-5-14-34(33)26-42(40)46-43(41)44-28-37/h1-28H. The van der Waals surface area contributed by atoms with Crippen molar-refractivity contribution in [1.29, 1.82) is 0 Å². The zero-order valence-corrected chi connectivity index (χ0v) is 25.0. The second-order valence-electron chi connectivity index (χ2n) is 11.7. The highest BCUT2D eigenvalue weighted by Gasteiger charge is 2.18. The van der Waals surface area contributed by atoms with E-state index in [-0.39, 0.29) is 0 Å². The molecule has 0 N–H and O–H groups in total. The van der Waals surface area contributed by atoms with Crippen molar-refractivity contribution in [3.05, 3.63) is 170 Å². The number of rotatable bonds is 5. The first-order valence-electron chi connectivity index (χ1n) is 15.5. The van der Waals surface area contributed by atoms with Crippen LogP contribution in [0.15, 0.2) is 174 Å². The molecule has 0 radical (unpaired) electrons. The maximum absolute atomic E-state index is 6.25. The van der Waals surface area contributed by atoms with Crippen LogP contribution in [0.1, 0.15) is 0 Å². The SMILES string of the molecule is c1ccc(-c2cccc(N(c3ccc(-c4cccc5ccccc45)cc3)c3cnc4oc5cc6ccccc6cc5c4c3)c2)cc1. The largest absolute Gasteiger partial charge is 0.438 e. The van der Waals surface area contributed by atoms with Gasteiger partial charge in [-0.3, -0.25) is 0 Å². The number of aromatic nitrogens is 1. The molecule has 0 aliphatic heterocycles. The van der Waals surface area contributed by atoms with Crippen LogP contribution in [-0.2, 0) is 0 Å². The maximum Gasteiger partial charge on any atom is 0.227 e. The molecule has 0 aliphatic rings. The summed E-state index contributed by atoms with van der Waals surface area (Å²) < 4.78 is 6.25. The van der Waals surface area contributed by atoms with E-state index in [4.69, 9.17) is 9.40 Å². The number of benzene rings is 7. The summed E-state index contributed by atoms with van der Waals surface area (Å²) in [4.78, 5) is 7.14. The molecular formula is C43H28N2O. The van der Waals surface area contributed by atoms with Gasteiger partial charge in [-0.25, -0.2) is 4.98 Å². The van der Waals surface area contributed by atoms with E-state index in [0.29, 0.717) is 5.71 Å². The quantitative estimate of drug-likeness (QED) is 0.200. The minimum Gasteiger partial charge on any atom is -0.438 e. The van der Waals surface area contributed by atoms with Crippen LogP contribution in [0.2, 0.25) is 0 Å². The summed E-state index contributed by atoms with van der Waals surface area (Å²) in [7, 11) is 0. The summed E-state index contributed by atoms with van der Waals surface area (Å²) >= 11 is 0. The molecule has 0 atom stereocenters. The fourth-order valence-corrected chi connectivity index (χ4v) is 6.63. The van der Waals surface area contributed by atoms with Crippen LogP contribution in [0.4, 0.5) is 17.1 Å². The van der Waals surface area contributed by atoms with Gasteiger partial charge in [0.05, 0.1) is 17.3 Å². The van der Waals surface area contributed by atoms with Gasteiger partial charge in [-0.1, -0.05) is 121 Å². The smallest absolute Gasteiger partial charge is 0.227 e. The molecule has 0 spiro atoms. The molecule has 0 saturated carbocycles. The predicted octanol–water partition coefficient (Wildman–Crippen LogP) is 12.1. The topological polar surface area (TPSA) is 29.3 Å². The van der Waals surface area contributed by atoms with Crippen molar-refractivity contribution in [1.82, 2.24) is 4.98 Å². The number of hydrogen-bond donors (Lipinski definition) is 0. The molecule has 7 aromatic carbocycles. The lowest BCUT2D eigenvalue weighted by Crippen LogP contribution is -2.10. The molecule has 9 rings (SSSR count). The predicted molar refractivity (Wildman–Crippen MR) is 192 cm³/mol. The van der Waals surface area contributed by atoms with Gasteiger partial charge in [-0.05, 0) is 86.3 Å². The third-order valence-corrected chi connectivity index (χ3v) is 8.88. The van der Waals surface area contributed by atoms with Crippen molar-refractivity contribution in [2.45, 2.75) is 0 Å². The number of pyridine rings is 1. The molecule has 46 heavy (non-hydrogen) atoms. The second kappa shape index (κ2) is 10.8. The van der Waals surface area contributed by atoms with Gasteiger partial charge in [0.15, 0.2) is 0 Å². The molecule has 2 aromatic heterocycles. The first-order chi connectivity index (χ1) is 22.8. The molecule has 0 amide bonds. The Balaban J connectivity index is 1.21. The highest BCUT2D eigenvalue weighted by molar-refractivity contribution is 6.10. The summed E-state index contributed by atoms with van der Waals surface area (Å²) in [5, 5.41) is 6.88. The minimum absolute atomic E-state index is 0.637. The zero-order valence-electron chi connectivity index (χ0n) is 25.0. The van der Waals surface area contributed by atoms with E-state index in [9.17, 15) is 0 Å². The van der Waals surface area contributed by atoms with E-state index in [0.717, 1.165) is 44.4 Å². The van der Waals surface area contributed by atoms with Gasteiger partial charge in [0.1, 0.15) is 5.58 Å². The van der Waals surface area contributed by atoms with Gasteiger partial charge in [0.2, 0.25) is 5.71 Å². The van der Waals surface area contributed by atoms with E-state index >= 15 is 0 Å². The molecule has 0 unspecified atom stereocenters. The number of fused-ring (bicyclic) bond motifs is 5. The Morgan fingerprint density at radius 1 is 0.413 bits per heavy atom. The molecule has 0 fully saturated rings. The fourth-order valence-electron chi connectivity index (χ4n) is 6.63. The van der Waals surface area contributed by atoms with Gasteiger partial charge in [0.25, 0.3) is 0 Å². The monoisotopic (exact) mass is 588 g/mol. The van der Waals surface area contributed by atoms with Crippen LogP contribution < -0.4 is 4.90 Å². The minimum atomic E-state index is 0.637. The van der Waals surface area contributed by atoms with Crippen molar-refractivity contribution < 1.29 is 4.42 Å². The lowest BCUT2D eigenvalue weighted by atomic mass is 9.98. The highest BCUT2D eigenvalue weighted by Crippen LogP contribution is 2.40. The molecule has 0 bridgehead atoms. The Kier molecular flexibility index (Phi) is 6.14. The van der Waals surface area contributed by atoms with Gasteiger partial charge in [-0.2, -0.15) is 0 Å². The Morgan fingerprint density at radius 2 is 1.11 bits per heavy atom.